The first-order valence-electron chi connectivity index (χ1n) is 8.93. The first-order valence-corrected chi connectivity index (χ1v) is 8.93. The number of carbonyl (C=O) groups is 1. The van der Waals surface area contributed by atoms with E-state index in [0.717, 1.165) is 12.8 Å². The second kappa shape index (κ2) is 8.38. The normalized spacial score (nSPS) is 18.0. The molecule has 0 saturated heterocycles. The molecule has 1 aromatic carbocycles. The summed E-state index contributed by atoms with van der Waals surface area (Å²) >= 11 is 0. The van der Waals surface area contributed by atoms with Gasteiger partial charge >= 0.3 is 6.03 Å². The summed E-state index contributed by atoms with van der Waals surface area (Å²) in [6.45, 7) is 5.56. The van der Waals surface area contributed by atoms with Crippen LogP contribution in [0, 0.1) is 5.41 Å². The Balaban J connectivity index is 1.88. The number of amides is 2. The minimum atomic E-state index is -0.812. The average molecular weight is 334 g/mol. The summed E-state index contributed by atoms with van der Waals surface area (Å²) in [4.78, 5) is 14.1. The fourth-order valence-corrected chi connectivity index (χ4v) is 3.38. The number of aliphatic hydroxyl groups is 1. The van der Waals surface area contributed by atoms with E-state index in [2.05, 4.69) is 12.2 Å². The molecule has 0 heterocycles. The molecule has 2 amide bonds. The van der Waals surface area contributed by atoms with E-state index >= 15 is 0 Å². The summed E-state index contributed by atoms with van der Waals surface area (Å²) in [5.41, 5.74) is 0.803. The number of nitrogens with zero attached hydrogens (tertiary/aromatic N) is 1. The predicted molar refractivity (Wildman–Crippen MR) is 94.9 cm³/mol. The van der Waals surface area contributed by atoms with E-state index in [4.69, 9.17) is 0 Å². The molecular weight excluding hydrogens is 304 g/mol. The molecule has 0 aromatic heterocycles. The Bertz CT molecular complexity index is 541. The number of aliphatic hydroxyl groups excluding tert-OH is 1. The molecule has 0 spiro atoms. The van der Waals surface area contributed by atoms with Crippen molar-refractivity contribution < 1.29 is 15.0 Å². The summed E-state index contributed by atoms with van der Waals surface area (Å²) in [6.07, 6.45) is 5.27. The Labute approximate surface area is 144 Å². The van der Waals surface area contributed by atoms with Crippen LogP contribution < -0.4 is 5.32 Å². The highest BCUT2D eigenvalue weighted by molar-refractivity contribution is 5.74. The zero-order valence-corrected chi connectivity index (χ0v) is 14.8. The van der Waals surface area contributed by atoms with Crippen molar-refractivity contribution in [2.24, 2.45) is 5.41 Å². The van der Waals surface area contributed by atoms with Crippen LogP contribution >= 0.6 is 0 Å². The van der Waals surface area contributed by atoms with Gasteiger partial charge in [-0.25, -0.2) is 4.79 Å². The number of hydrogen-bond acceptors (Lipinski definition) is 3. The van der Waals surface area contributed by atoms with E-state index < -0.39 is 6.10 Å². The molecule has 5 nitrogen and oxygen atoms in total. The summed E-state index contributed by atoms with van der Waals surface area (Å²) in [6, 6.07) is 6.39. The molecule has 2 rings (SSSR count). The minimum absolute atomic E-state index is 0.115. The number of phenols is 1. The smallest absolute Gasteiger partial charge is 0.317 e. The highest BCUT2D eigenvalue weighted by atomic mass is 16.3. The monoisotopic (exact) mass is 334 g/mol. The van der Waals surface area contributed by atoms with Crippen LogP contribution in [0.5, 0.6) is 5.75 Å². The number of rotatable bonds is 6. The molecule has 1 aliphatic carbocycles. The van der Waals surface area contributed by atoms with Gasteiger partial charge in [0.1, 0.15) is 5.75 Å². The maximum Gasteiger partial charge on any atom is 0.317 e. The van der Waals surface area contributed by atoms with E-state index in [-0.39, 0.29) is 23.7 Å². The van der Waals surface area contributed by atoms with Gasteiger partial charge in [0.15, 0.2) is 0 Å². The SMILES string of the molecule is CCN(C[C@@H](O)c1cccc(O)c1)C(=O)NCC1(C)CCCCC1. The van der Waals surface area contributed by atoms with Crippen LogP contribution in [0.1, 0.15) is 57.6 Å². The molecule has 1 saturated carbocycles. The average Bonchev–Trinajstić information content (AvgIpc) is 2.58. The van der Waals surface area contributed by atoms with Crippen LogP contribution in [0.15, 0.2) is 24.3 Å². The quantitative estimate of drug-likeness (QED) is 0.746. The third-order valence-electron chi connectivity index (χ3n) is 5.04. The number of urea groups is 1. The predicted octanol–water partition coefficient (Wildman–Crippen LogP) is 3.43. The van der Waals surface area contributed by atoms with Crippen molar-refractivity contribution in [3.63, 3.8) is 0 Å². The van der Waals surface area contributed by atoms with Crippen LogP contribution in [0.4, 0.5) is 4.79 Å². The molecule has 3 N–H and O–H groups in total. The molecular formula is C19H30N2O3. The van der Waals surface area contributed by atoms with Gasteiger partial charge in [-0.15, -0.1) is 0 Å². The zero-order chi connectivity index (χ0) is 17.6. The van der Waals surface area contributed by atoms with Crippen molar-refractivity contribution >= 4 is 6.03 Å². The first kappa shape index (κ1) is 18.6. The number of carbonyl (C=O) groups excluding carboxylic acids is 1. The number of nitrogens with one attached hydrogen (secondary N) is 1. The summed E-state index contributed by atoms with van der Waals surface area (Å²) in [5, 5.41) is 22.9. The van der Waals surface area contributed by atoms with Crippen LogP contribution in [-0.2, 0) is 0 Å². The fourth-order valence-electron chi connectivity index (χ4n) is 3.38. The number of likely N-dealkylation sites (N-methyl/N-ethyl adjacent to an activating group) is 1. The van der Waals surface area contributed by atoms with Gasteiger partial charge in [-0.1, -0.05) is 38.3 Å². The lowest BCUT2D eigenvalue weighted by molar-refractivity contribution is 0.120. The summed E-state index contributed by atoms with van der Waals surface area (Å²) in [7, 11) is 0. The Hall–Kier alpha value is -1.75. The maximum absolute atomic E-state index is 12.4. The number of benzene rings is 1. The Morgan fingerprint density at radius 1 is 1.33 bits per heavy atom. The van der Waals surface area contributed by atoms with Gasteiger partial charge in [0.25, 0.3) is 0 Å². The molecule has 1 atom stereocenters. The lowest BCUT2D eigenvalue weighted by Crippen LogP contribution is -2.46. The van der Waals surface area contributed by atoms with Gasteiger partial charge in [0.2, 0.25) is 0 Å². The third kappa shape index (κ3) is 5.13. The lowest BCUT2D eigenvalue weighted by Gasteiger charge is -2.34. The van der Waals surface area contributed by atoms with Crippen molar-refractivity contribution in [1.29, 1.82) is 0 Å². The number of aromatic hydroxyl groups is 1. The molecule has 0 radical (unpaired) electrons. The van der Waals surface area contributed by atoms with Crippen LogP contribution in [0.2, 0.25) is 0 Å². The van der Waals surface area contributed by atoms with Gasteiger partial charge in [-0.05, 0) is 42.9 Å². The summed E-state index contributed by atoms with van der Waals surface area (Å²) in [5.74, 6) is 0.115. The molecule has 24 heavy (non-hydrogen) atoms. The molecule has 1 fully saturated rings. The van der Waals surface area contributed by atoms with Gasteiger partial charge in [0, 0.05) is 13.1 Å². The lowest BCUT2D eigenvalue weighted by atomic mass is 9.76. The minimum Gasteiger partial charge on any atom is -0.508 e. The van der Waals surface area contributed by atoms with Crippen molar-refractivity contribution in [2.75, 3.05) is 19.6 Å². The standard InChI is InChI=1S/C19H30N2O3/c1-3-21(13-17(23)15-8-7-9-16(22)12-15)18(24)20-14-19(2)10-5-4-6-11-19/h7-9,12,17,22-23H,3-6,10-11,13-14H2,1-2H3,(H,20,24)/t17-/m1/s1. The van der Waals surface area contributed by atoms with Crippen molar-refractivity contribution in [3.05, 3.63) is 29.8 Å². The van der Waals surface area contributed by atoms with Crippen LogP contribution in [-0.4, -0.2) is 40.8 Å². The second-order valence-electron chi connectivity index (χ2n) is 7.18. The van der Waals surface area contributed by atoms with E-state index in [9.17, 15) is 15.0 Å². The largest absolute Gasteiger partial charge is 0.508 e. The van der Waals surface area contributed by atoms with E-state index in [0.29, 0.717) is 18.7 Å². The fraction of sp³-hybridized carbons (Fsp3) is 0.632. The van der Waals surface area contributed by atoms with E-state index in [1.807, 2.05) is 6.92 Å². The van der Waals surface area contributed by atoms with Gasteiger partial charge in [-0.2, -0.15) is 0 Å². The van der Waals surface area contributed by atoms with Crippen molar-refractivity contribution in [2.45, 2.75) is 52.1 Å². The van der Waals surface area contributed by atoms with Crippen LogP contribution in [0.3, 0.4) is 0 Å². The Kier molecular flexibility index (Phi) is 6.49. The molecule has 1 aromatic rings. The van der Waals surface area contributed by atoms with Gasteiger partial charge in [0.05, 0.1) is 12.6 Å². The first-order chi connectivity index (χ1) is 11.4. The van der Waals surface area contributed by atoms with Gasteiger partial charge < -0.3 is 20.4 Å². The van der Waals surface area contributed by atoms with E-state index in [1.165, 1.54) is 25.3 Å². The molecule has 0 bridgehead atoms. The third-order valence-corrected chi connectivity index (χ3v) is 5.04. The maximum atomic E-state index is 12.4. The number of phenolic OH excluding ortho intramolecular Hbond substituents is 1. The molecule has 134 valence electrons. The van der Waals surface area contributed by atoms with Crippen molar-refractivity contribution in [1.82, 2.24) is 10.2 Å². The Morgan fingerprint density at radius 2 is 2.04 bits per heavy atom. The van der Waals surface area contributed by atoms with Gasteiger partial charge in [-0.3, -0.25) is 0 Å². The zero-order valence-electron chi connectivity index (χ0n) is 14.8. The summed E-state index contributed by atoms with van der Waals surface area (Å²) < 4.78 is 0. The van der Waals surface area contributed by atoms with Crippen LogP contribution in [0.25, 0.3) is 0 Å². The highest BCUT2D eigenvalue weighted by Crippen LogP contribution is 2.34. The highest BCUT2D eigenvalue weighted by Gasteiger charge is 2.28. The van der Waals surface area contributed by atoms with E-state index in [1.54, 1.807) is 23.1 Å². The Morgan fingerprint density at radius 3 is 2.67 bits per heavy atom. The topological polar surface area (TPSA) is 72.8 Å². The number of hydrogen-bond donors (Lipinski definition) is 3. The van der Waals surface area contributed by atoms with Crippen molar-refractivity contribution in [3.8, 4) is 5.75 Å². The molecule has 1 aliphatic rings. The molecule has 0 aliphatic heterocycles. The molecule has 5 heteroatoms. The second-order valence-corrected chi connectivity index (χ2v) is 7.18. The molecule has 0 unspecified atom stereocenters.